The average molecular weight is 413 g/mol. The molecule has 0 aliphatic heterocycles. The summed E-state index contributed by atoms with van der Waals surface area (Å²) in [6.07, 6.45) is 0. The van der Waals surface area contributed by atoms with Gasteiger partial charge in [0.05, 0.1) is 0 Å². The van der Waals surface area contributed by atoms with Crippen molar-refractivity contribution < 1.29 is 0 Å². The van der Waals surface area contributed by atoms with Gasteiger partial charge in [-0.25, -0.2) is 0 Å². The molecule has 82 valence electrons. The Morgan fingerprint density at radius 1 is 1.12 bits per heavy atom. The Morgan fingerprint density at radius 3 is 2.19 bits per heavy atom. The van der Waals surface area contributed by atoms with Crippen LogP contribution in [0.1, 0.15) is 0 Å². The van der Waals surface area contributed by atoms with E-state index in [-0.39, 0.29) is 0 Å². The number of nitrogens with zero attached hydrogens (tertiary/aromatic N) is 7. The first-order valence-electron chi connectivity index (χ1n) is 4.37. The predicted molar refractivity (Wildman–Crippen MR) is 64.4 cm³/mol. The minimum atomic E-state index is -2.99. The van der Waals surface area contributed by atoms with Crippen LogP contribution in [0.25, 0.3) is 20.9 Å². The van der Waals surface area contributed by atoms with Crippen molar-refractivity contribution in [3.8, 4) is 0 Å². The SMILES string of the molecule is CN(C)c1cccc[c]1[Bi]([N]=[N+]=[N-])[N]=[N+]=[N-]. The standard InChI is InChI=1S/C8H10N.Bi.2N3/c1-9(2)8-6-4-3-5-7-8;;2*1-3-2/h3-6H,1-2H3;;;/q;+2;2*-1. The Balaban J connectivity index is 3.27. The van der Waals surface area contributed by atoms with E-state index in [2.05, 4.69) is 15.9 Å². The molecule has 1 aromatic rings. The van der Waals surface area contributed by atoms with Gasteiger partial charge in [-0.05, 0) is 0 Å². The molecule has 1 rings (SSSR count). The van der Waals surface area contributed by atoms with Crippen LogP contribution in [0.4, 0.5) is 5.69 Å². The fourth-order valence-electron chi connectivity index (χ4n) is 1.20. The van der Waals surface area contributed by atoms with Gasteiger partial charge in [0, 0.05) is 0 Å². The van der Waals surface area contributed by atoms with Crippen molar-refractivity contribution in [2.75, 3.05) is 19.0 Å². The van der Waals surface area contributed by atoms with E-state index in [4.69, 9.17) is 11.1 Å². The molecule has 16 heavy (non-hydrogen) atoms. The van der Waals surface area contributed by atoms with Gasteiger partial charge in [-0.15, -0.1) is 0 Å². The van der Waals surface area contributed by atoms with E-state index < -0.39 is 22.3 Å². The van der Waals surface area contributed by atoms with E-state index in [0.717, 1.165) is 8.96 Å². The Hall–Kier alpha value is -1.48. The second-order valence-corrected chi connectivity index (χ2v) is 8.54. The summed E-state index contributed by atoms with van der Waals surface area (Å²) in [5, 5.41) is 0. The molecular weight excluding hydrogens is 403 g/mol. The van der Waals surface area contributed by atoms with E-state index in [1.807, 2.05) is 43.3 Å². The normalized spacial score (nSPS) is 9.19. The summed E-state index contributed by atoms with van der Waals surface area (Å²) < 4.78 is 8.22. The van der Waals surface area contributed by atoms with E-state index in [9.17, 15) is 0 Å². The molecule has 0 unspecified atom stereocenters. The molecule has 0 bridgehead atoms. The van der Waals surface area contributed by atoms with Crippen LogP contribution in [-0.4, -0.2) is 36.4 Å². The molecule has 0 heterocycles. The third kappa shape index (κ3) is 3.01. The van der Waals surface area contributed by atoms with Crippen LogP contribution in [0.2, 0.25) is 0 Å². The first-order valence-corrected chi connectivity index (χ1v) is 9.22. The molecule has 1 aromatic carbocycles. The molecular formula is C8H10BiN7. The number of azide groups is 1. The topological polar surface area (TPSA) is 101 Å². The zero-order valence-corrected chi connectivity index (χ0v) is 12.4. The van der Waals surface area contributed by atoms with Gasteiger partial charge in [-0.1, -0.05) is 0 Å². The molecule has 0 aliphatic rings. The van der Waals surface area contributed by atoms with Crippen molar-refractivity contribution in [2.45, 2.75) is 0 Å². The van der Waals surface area contributed by atoms with Gasteiger partial charge in [0.2, 0.25) is 0 Å². The minimum absolute atomic E-state index is 0.887. The zero-order chi connectivity index (χ0) is 12.0. The third-order valence-corrected chi connectivity index (χ3v) is 6.91. The molecule has 0 atom stereocenters. The molecule has 0 aromatic heterocycles. The first kappa shape index (κ1) is 12.6. The third-order valence-electron chi connectivity index (χ3n) is 1.83. The van der Waals surface area contributed by atoms with Crippen LogP contribution in [0.5, 0.6) is 0 Å². The number of hydrogen-bond donors (Lipinski definition) is 0. The van der Waals surface area contributed by atoms with Crippen LogP contribution < -0.4 is 8.17 Å². The van der Waals surface area contributed by atoms with Crippen molar-refractivity contribution in [3.05, 3.63) is 45.2 Å². The Morgan fingerprint density at radius 2 is 1.69 bits per heavy atom. The molecule has 7 nitrogen and oxygen atoms in total. The molecule has 0 spiro atoms. The summed E-state index contributed by atoms with van der Waals surface area (Å²) in [4.78, 5) is 7.44. The fourth-order valence-corrected chi connectivity index (χ4v) is 5.40. The second kappa shape index (κ2) is 6.18. The van der Waals surface area contributed by atoms with Crippen LogP contribution in [0.15, 0.2) is 30.4 Å². The monoisotopic (exact) mass is 413 g/mol. The maximum atomic E-state index is 8.47. The van der Waals surface area contributed by atoms with Gasteiger partial charge >= 0.3 is 102 Å². The summed E-state index contributed by atoms with van der Waals surface area (Å²) >= 11 is -2.99. The van der Waals surface area contributed by atoms with Crippen molar-refractivity contribution in [2.24, 2.45) is 6.12 Å². The zero-order valence-electron chi connectivity index (χ0n) is 8.89. The first-order chi connectivity index (χ1) is 7.70. The van der Waals surface area contributed by atoms with Gasteiger partial charge in [0.15, 0.2) is 0 Å². The van der Waals surface area contributed by atoms with Gasteiger partial charge in [0.1, 0.15) is 0 Å². The van der Waals surface area contributed by atoms with Crippen LogP contribution in [-0.2, 0) is 0 Å². The van der Waals surface area contributed by atoms with E-state index in [0.29, 0.717) is 0 Å². The number of benzene rings is 1. The molecule has 0 saturated heterocycles. The van der Waals surface area contributed by atoms with Crippen molar-refractivity contribution in [3.63, 3.8) is 0 Å². The number of anilines is 1. The Kier molecular flexibility index (Phi) is 4.86. The fraction of sp³-hybridized carbons (Fsp3) is 0.250. The quantitative estimate of drug-likeness (QED) is 0.321. The van der Waals surface area contributed by atoms with Gasteiger partial charge < -0.3 is 0 Å². The molecule has 8 heteroatoms. The van der Waals surface area contributed by atoms with Crippen molar-refractivity contribution in [1.29, 1.82) is 0 Å². The summed E-state index contributed by atoms with van der Waals surface area (Å²) in [5.41, 5.74) is 17.9. The molecule has 0 fully saturated rings. The summed E-state index contributed by atoms with van der Waals surface area (Å²) in [6, 6.07) is 7.52. The average Bonchev–Trinajstić information content (AvgIpc) is 2.29. The second-order valence-electron chi connectivity index (χ2n) is 3.03. The molecule has 0 aliphatic carbocycles. The van der Waals surface area contributed by atoms with Gasteiger partial charge in [-0.3, -0.25) is 0 Å². The van der Waals surface area contributed by atoms with Crippen LogP contribution >= 0.6 is 0 Å². The van der Waals surface area contributed by atoms with Crippen LogP contribution in [0.3, 0.4) is 0 Å². The van der Waals surface area contributed by atoms with E-state index in [1.165, 1.54) is 0 Å². The summed E-state index contributed by atoms with van der Waals surface area (Å²) in [7, 11) is 3.79. The molecule has 0 saturated carbocycles. The van der Waals surface area contributed by atoms with E-state index in [1.54, 1.807) is 0 Å². The Labute approximate surface area is 101 Å². The number of hydrogen-bond acceptors (Lipinski definition) is 3. The Bertz CT molecular complexity index is 441. The van der Waals surface area contributed by atoms with Crippen molar-refractivity contribution >= 4 is 31.3 Å². The van der Waals surface area contributed by atoms with Crippen molar-refractivity contribution in [1.82, 2.24) is 0 Å². The molecule has 0 N–H and O–H groups in total. The van der Waals surface area contributed by atoms with Gasteiger partial charge in [-0.2, -0.15) is 0 Å². The predicted octanol–water partition coefficient (Wildman–Crippen LogP) is 2.07. The number of para-hydroxylation sites is 1. The maximum absolute atomic E-state index is 8.47. The van der Waals surface area contributed by atoms with Crippen LogP contribution in [0, 0.1) is 0 Å². The van der Waals surface area contributed by atoms with E-state index >= 15 is 0 Å². The molecule has 0 radical (unpaired) electrons. The van der Waals surface area contributed by atoms with Gasteiger partial charge in [0.25, 0.3) is 0 Å². The molecule has 0 amide bonds. The summed E-state index contributed by atoms with van der Waals surface area (Å²) in [6.45, 7) is 0. The summed E-state index contributed by atoms with van der Waals surface area (Å²) in [5.74, 6) is 0. The number of rotatable bonds is 4.